The zero-order valence-corrected chi connectivity index (χ0v) is 9.61. The molecule has 1 heteroatoms. The molecule has 3 unspecified atom stereocenters. The first-order valence-electron chi connectivity index (χ1n) is 5.91. The summed E-state index contributed by atoms with van der Waals surface area (Å²) < 4.78 is 0. The maximum Gasteiger partial charge on any atom is 0.0924 e. The molecule has 2 rings (SSSR count). The van der Waals surface area contributed by atoms with Crippen LogP contribution in [0.25, 0.3) is 0 Å². The molecule has 0 saturated heterocycles. The molecule has 1 fully saturated rings. The van der Waals surface area contributed by atoms with E-state index in [1.165, 1.54) is 6.42 Å². The summed E-state index contributed by atoms with van der Waals surface area (Å²) in [5.74, 6) is 1.00. The highest BCUT2D eigenvalue weighted by molar-refractivity contribution is 5.23. The Morgan fingerprint density at radius 1 is 1.13 bits per heavy atom. The molecule has 0 radical (unpaired) electrons. The van der Waals surface area contributed by atoms with Crippen molar-refractivity contribution in [1.82, 2.24) is 0 Å². The van der Waals surface area contributed by atoms with Gasteiger partial charge in [-0.05, 0) is 30.2 Å². The second-order valence-electron chi connectivity index (χ2n) is 5.08. The van der Waals surface area contributed by atoms with Crippen molar-refractivity contribution >= 4 is 0 Å². The number of hydrogen-bond donors (Lipinski definition) is 1. The van der Waals surface area contributed by atoms with Crippen molar-refractivity contribution in [3.63, 3.8) is 0 Å². The third-order valence-corrected chi connectivity index (χ3v) is 3.84. The fraction of sp³-hybridized carbons (Fsp3) is 0.571. The molecule has 82 valence electrons. The first-order chi connectivity index (χ1) is 7.13. The lowest BCUT2D eigenvalue weighted by Crippen LogP contribution is -2.39. The Hall–Kier alpha value is -0.820. The van der Waals surface area contributed by atoms with Gasteiger partial charge in [-0.1, -0.05) is 50.6 Å². The van der Waals surface area contributed by atoms with Crippen molar-refractivity contribution in [2.75, 3.05) is 0 Å². The predicted octanol–water partition coefficient (Wildman–Crippen LogP) is 3.33. The van der Waals surface area contributed by atoms with Crippen molar-refractivity contribution < 1.29 is 5.11 Å². The van der Waals surface area contributed by atoms with Crippen LogP contribution in [-0.2, 0) is 5.60 Å². The second-order valence-corrected chi connectivity index (χ2v) is 5.08. The van der Waals surface area contributed by atoms with Crippen LogP contribution < -0.4 is 0 Å². The summed E-state index contributed by atoms with van der Waals surface area (Å²) in [7, 11) is 0. The first kappa shape index (κ1) is 10.7. The molecule has 0 aliphatic heterocycles. The average Bonchev–Trinajstić information content (AvgIpc) is 2.25. The maximum atomic E-state index is 10.8. The molecule has 0 bridgehead atoms. The molecule has 15 heavy (non-hydrogen) atoms. The first-order valence-corrected chi connectivity index (χ1v) is 5.91. The summed E-state index contributed by atoms with van der Waals surface area (Å²) in [6.45, 7) is 4.40. The quantitative estimate of drug-likeness (QED) is 0.744. The van der Waals surface area contributed by atoms with Crippen LogP contribution in [-0.4, -0.2) is 5.11 Å². The Morgan fingerprint density at radius 3 is 2.47 bits per heavy atom. The van der Waals surface area contributed by atoms with E-state index in [1.807, 2.05) is 18.2 Å². The van der Waals surface area contributed by atoms with Crippen LogP contribution in [0.4, 0.5) is 0 Å². The highest BCUT2D eigenvalue weighted by atomic mass is 16.3. The lowest BCUT2D eigenvalue weighted by Gasteiger charge is -2.41. The van der Waals surface area contributed by atoms with E-state index in [-0.39, 0.29) is 0 Å². The summed E-state index contributed by atoms with van der Waals surface area (Å²) >= 11 is 0. The second kappa shape index (κ2) is 3.97. The van der Waals surface area contributed by atoms with Gasteiger partial charge in [0, 0.05) is 0 Å². The minimum atomic E-state index is -0.598. The Kier molecular flexibility index (Phi) is 2.83. The largest absolute Gasteiger partial charge is 0.385 e. The molecule has 1 aromatic rings. The van der Waals surface area contributed by atoms with Crippen molar-refractivity contribution in [2.24, 2.45) is 11.8 Å². The molecule has 0 spiro atoms. The Bertz CT molecular complexity index is 319. The molecule has 1 aromatic carbocycles. The minimum absolute atomic E-state index is 0.371. The van der Waals surface area contributed by atoms with E-state index in [1.54, 1.807) is 0 Å². The smallest absolute Gasteiger partial charge is 0.0924 e. The van der Waals surface area contributed by atoms with Crippen LogP contribution in [0.5, 0.6) is 0 Å². The lowest BCUT2D eigenvalue weighted by atomic mass is 9.69. The predicted molar refractivity (Wildman–Crippen MR) is 62.5 cm³/mol. The van der Waals surface area contributed by atoms with Gasteiger partial charge >= 0.3 is 0 Å². The zero-order valence-electron chi connectivity index (χ0n) is 9.61. The van der Waals surface area contributed by atoms with E-state index in [0.717, 1.165) is 18.4 Å². The van der Waals surface area contributed by atoms with Crippen LogP contribution in [0.3, 0.4) is 0 Å². The molecule has 3 atom stereocenters. The third kappa shape index (κ3) is 1.93. The maximum absolute atomic E-state index is 10.8. The van der Waals surface area contributed by atoms with Crippen LogP contribution in [0.1, 0.15) is 38.7 Å². The Labute approximate surface area is 92.1 Å². The zero-order chi connectivity index (χ0) is 10.9. The Balaban J connectivity index is 2.31. The highest BCUT2D eigenvalue weighted by Gasteiger charge is 2.39. The fourth-order valence-electron chi connectivity index (χ4n) is 2.74. The van der Waals surface area contributed by atoms with Crippen LogP contribution in [0, 0.1) is 11.8 Å². The standard InChI is InChI=1S/C14H20O/c1-11-8-9-12(2)14(15,10-11)13-6-4-3-5-7-13/h3-7,11-12,15H,8-10H2,1-2H3. The van der Waals surface area contributed by atoms with Gasteiger partial charge in [0.05, 0.1) is 5.60 Å². The van der Waals surface area contributed by atoms with E-state index in [4.69, 9.17) is 0 Å². The number of rotatable bonds is 1. The summed E-state index contributed by atoms with van der Waals surface area (Å²) in [5, 5.41) is 10.8. The molecule has 1 N–H and O–H groups in total. The van der Waals surface area contributed by atoms with Gasteiger partial charge in [0.25, 0.3) is 0 Å². The lowest BCUT2D eigenvalue weighted by molar-refractivity contribution is -0.0627. The van der Waals surface area contributed by atoms with Gasteiger partial charge in [0.2, 0.25) is 0 Å². The van der Waals surface area contributed by atoms with Crippen LogP contribution in [0.2, 0.25) is 0 Å². The number of hydrogen-bond acceptors (Lipinski definition) is 1. The van der Waals surface area contributed by atoms with Gasteiger partial charge < -0.3 is 5.11 Å². The van der Waals surface area contributed by atoms with Crippen molar-refractivity contribution in [1.29, 1.82) is 0 Å². The number of benzene rings is 1. The van der Waals surface area contributed by atoms with Gasteiger partial charge in [-0.3, -0.25) is 0 Å². The topological polar surface area (TPSA) is 20.2 Å². The van der Waals surface area contributed by atoms with Gasteiger partial charge in [0.15, 0.2) is 0 Å². The van der Waals surface area contributed by atoms with Crippen LogP contribution >= 0.6 is 0 Å². The molecule has 1 nitrogen and oxygen atoms in total. The Morgan fingerprint density at radius 2 is 1.80 bits per heavy atom. The van der Waals surface area contributed by atoms with Gasteiger partial charge in [0.1, 0.15) is 0 Å². The molecule has 1 saturated carbocycles. The average molecular weight is 204 g/mol. The molecule has 0 aromatic heterocycles. The summed E-state index contributed by atoms with van der Waals surface area (Å²) in [6.07, 6.45) is 3.28. The van der Waals surface area contributed by atoms with E-state index in [9.17, 15) is 5.11 Å². The van der Waals surface area contributed by atoms with Gasteiger partial charge in [-0.25, -0.2) is 0 Å². The van der Waals surface area contributed by atoms with E-state index in [2.05, 4.69) is 26.0 Å². The summed E-state index contributed by atoms with van der Waals surface area (Å²) in [6, 6.07) is 10.1. The molecule has 1 aliphatic rings. The normalized spacial score (nSPS) is 36.5. The number of aliphatic hydroxyl groups is 1. The van der Waals surface area contributed by atoms with Gasteiger partial charge in [-0.15, -0.1) is 0 Å². The van der Waals surface area contributed by atoms with E-state index < -0.39 is 5.60 Å². The third-order valence-electron chi connectivity index (χ3n) is 3.84. The highest BCUT2D eigenvalue weighted by Crippen LogP contribution is 2.43. The molecule has 0 amide bonds. The fourth-order valence-corrected chi connectivity index (χ4v) is 2.74. The van der Waals surface area contributed by atoms with Crippen LogP contribution in [0.15, 0.2) is 30.3 Å². The molecular formula is C14H20O. The van der Waals surface area contributed by atoms with Gasteiger partial charge in [-0.2, -0.15) is 0 Å². The van der Waals surface area contributed by atoms with E-state index in [0.29, 0.717) is 11.8 Å². The van der Waals surface area contributed by atoms with Crippen molar-refractivity contribution in [3.8, 4) is 0 Å². The van der Waals surface area contributed by atoms with Crippen molar-refractivity contribution in [3.05, 3.63) is 35.9 Å². The summed E-state index contributed by atoms with van der Waals surface area (Å²) in [4.78, 5) is 0. The van der Waals surface area contributed by atoms with E-state index >= 15 is 0 Å². The molecular weight excluding hydrogens is 184 g/mol. The minimum Gasteiger partial charge on any atom is -0.385 e. The summed E-state index contributed by atoms with van der Waals surface area (Å²) in [5.41, 5.74) is 0.489. The SMILES string of the molecule is CC1CCC(C)C(O)(c2ccccc2)C1. The van der Waals surface area contributed by atoms with Crippen molar-refractivity contribution in [2.45, 2.75) is 38.7 Å². The molecule has 0 heterocycles. The monoisotopic (exact) mass is 204 g/mol. The molecule has 1 aliphatic carbocycles.